The summed E-state index contributed by atoms with van der Waals surface area (Å²) in [7, 11) is 1.57. The number of thiophene rings is 1. The van der Waals surface area contributed by atoms with E-state index in [1.165, 1.54) is 6.40 Å². The van der Waals surface area contributed by atoms with Crippen molar-refractivity contribution in [3.05, 3.63) is 27.5 Å². The summed E-state index contributed by atoms with van der Waals surface area (Å²) in [5.41, 5.74) is 1.79. The number of halogens is 1. The number of nitrogens with zero attached hydrogens (tertiary/aromatic N) is 3. The van der Waals surface area contributed by atoms with Crippen molar-refractivity contribution in [1.82, 2.24) is 9.97 Å². The average Bonchev–Trinajstić information content (AvgIpc) is 2.75. The van der Waals surface area contributed by atoms with Gasteiger partial charge in [-0.3, -0.25) is 0 Å². The molecule has 82 valence electrons. The van der Waals surface area contributed by atoms with E-state index in [0.29, 0.717) is 0 Å². The molecule has 0 aliphatic rings. The minimum Gasteiger partial charge on any atom is -0.486 e. The predicted octanol–water partition coefficient (Wildman–Crippen LogP) is 3.12. The van der Waals surface area contributed by atoms with Crippen molar-refractivity contribution in [3.63, 3.8) is 0 Å². The fourth-order valence-electron chi connectivity index (χ4n) is 1.11. The third-order valence-corrected chi connectivity index (χ3v) is 3.31. The maximum absolute atomic E-state index is 4.77. The molecule has 2 heterocycles. The van der Waals surface area contributed by atoms with E-state index in [1.54, 1.807) is 24.8 Å². The smallest absolute Gasteiger partial charge is 0.174 e. The summed E-state index contributed by atoms with van der Waals surface area (Å²) < 4.78 is 5.69. The van der Waals surface area contributed by atoms with Crippen LogP contribution in [0.4, 0.5) is 5.69 Å². The second kappa shape index (κ2) is 5.35. The lowest BCUT2D eigenvalue weighted by Crippen LogP contribution is -1.84. The molecule has 6 heteroatoms. The van der Waals surface area contributed by atoms with Crippen LogP contribution in [-0.2, 0) is 4.74 Å². The van der Waals surface area contributed by atoms with Gasteiger partial charge in [-0.1, -0.05) is 0 Å². The summed E-state index contributed by atoms with van der Waals surface area (Å²) >= 11 is 3.76. The number of hydrogen-bond acceptors (Lipinski definition) is 5. The van der Waals surface area contributed by atoms with E-state index in [1.807, 2.05) is 17.5 Å². The van der Waals surface area contributed by atoms with Crippen molar-refractivity contribution in [3.8, 4) is 10.6 Å². The van der Waals surface area contributed by atoms with Gasteiger partial charge in [0.1, 0.15) is 10.0 Å². The molecule has 0 amide bonds. The van der Waals surface area contributed by atoms with Crippen LogP contribution in [0.2, 0.25) is 0 Å². The van der Waals surface area contributed by atoms with E-state index in [-0.39, 0.29) is 0 Å². The molecule has 0 saturated carbocycles. The van der Waals surface area contributed by atoms with Crippen molar-refractivity contribution in [2.24, 2.45) is 4.99 Å². The Morgan fingerprint density at radius 1 is 1.44 bits per heavy atom. The quantitative estimate of drug-likeness (QED) is 0.372. The molecule has 0 aromatic carbocycles. The van der Waals surface area contributed by atoms with Gasteiger partial charge in [0.2, 0.25) is 0 Å². The van der Waals surface area contributed by atoms with Crippen LogP contribution in [0.15, 0.2) is 28.8 Å². The van der Waals surface area contributed by atoms with E-state index < -0.39 is 0 Å². The highest BCUT2D eigenvalue weighted by Crippen LogP contribution is 2.30. The highest BCUT2D eigenvalue weighted by molar-refractivity contribution is 14.1. The molecular formula is C10H8IN3OS. The van der Waals surface area contributed by atoms with E-state index in [4.69, 9.17) is 4.74 Å². The Morgan fingerprint density at radius 2 is 2.31 bits per heavy atom. The van der Waals surface area contributed by atoms with Gasteiger partial charge < -0.3 is 4.74 Å². The molecule has 2 rings (SSSR count). The third kappa shape index (κ3) is 2.76. The normalized spacial score (nSPS) is 10.9. The standard InChI is InChI=1S/C10H8IN3OS/c1-15-6-14-7-2-9(16-4-7)8-3-10(11)13-5-12-8/h2-6H,1H3. The number of ether oxygens (including phenoxy) is 1. The molecule has 0 fully saturated rings. The molecule has 0 saturated heterocycles. The summed E-state index contributed by atoms with van der Waals surface area (Å²) in [6.07, 6.45) is 2.98. The van der Waals surface area contributed by atoms with Gasteiger partial charge in [-0.15, -0.1) is 11.3 Å². The topological polar surface area (TPSA) is 47.4 Å². The minimum atomic E-state index is 0.871. The van der Waals surface area contributed by atoms with Crippen LogP contribution in [0.3, 0.4) is 0 Å². The molecular weight excluding hydrogens is 337 g/mol. The van der Waals surface area contributed by atoms with Gasteiger partial charge in [-0.05, 0) is 34.7 Å². The van der Waals surface area contributed by atoms with Crippen LogP contribution in [0.1, 0.15) is 0 Å². The summed E-state index contributed by atoms with van der Waals surface area (Å²) in [6.45, 7) is 0. The van der Waals surface area contributed by atoms with Crippen molar-refractivity contribution >= 4 is 46.0 Å². The van der Waals surface area contributed by atoms with Crippen LogP contribution >= 0.6 is 33.9 Å². The van der Waals surface area contributed by atoms with Crippen molar-refractivity contribution in [2.45, 2.75) is 0 Å². The van der Waals surface area contributed by atoms with Crippen LogP contribution < -0.4 is 0 Å². The fourth-order valence-corrected chi connectivity index (χ4v) is 2.33. The van der Waals surface area contributed by atoms with Gasteiger partial charge in [0, 0.05) is 5.38 Å². The highest BCUT2D eigenvalue weighted by Gasteiger charge is 2.04. The Morgan fingerprint density at radius 3 is 3.06 bits per heavy atom. The van der Waals surface area contributed by atoms with Gasteiger partial charge in [0.15, 0.2) is 6.40 Å². The maximum Gasteiger partial charge on any atom is 0.174 e. The van der Waals surface area contributed by atoms with E-state index in [2.05, 4.69) is 37.6 Å². The molecule has 0 spiro atoms. The van der Waals surface area contributed by atoms with E-state index in [0.717, 1.165) is 20.0 Å². The van der Waals surface area contributed by atoms with Gasteiger partial charge in [0.05, 0.1) is 23.4 Å². The Bertz CT molecular complexity index is 512. The molecule has 0 unspecified atom stereocenters. The van der Waals surface area contributed by atoms with Gasteiger partial charge in [-0.2, -0.15) is 0 Å². The molecule has 0 aliphatic heterocycles. The predicted molar refractivity (Wildman–Crippen MR) is 73.2 cm³/mol. The Labute approximate surface area is 111 Å². The molecule has 16 heavy (non-hydrogen) atoms. The maximum atomic E-state index is 4.77. The van der Waals surface area contributed by atoms with Gasteiger partial charge >= 0.3 is 0 Å². The van der Waals surface area contributed by atoms with Gasteiger partial charge in [-0.25, -0.2) is 15.0 Å². The van der Waals surface area contributed by atoms with Crippen molar-refractivity contribution in [2.75, 3.05) is 7.11 Å². The molecule has 0 atom stereocenters. The number of hydrogen-bond donors (Lipinski definition) is 0. The largest absolute Gasteiger partial charge is 0.486 e. The molecule has 0 bridgehead atoms. The second-order valence-corrected chi connectivity index (χ2v) is 4.88. The Kier molecular flexibility index (Phi) is 3.83. The van der Waals surface area contributed by atoms with E-state index >= 15 is 0 Å². The first-order valence-corrected chi connectivity index (χ1v) is 6.37. The molecule has 4 nitrogen and oxygen atoms in total. The second-order valence-electron chi connectivity index (χ2n) is 2.87. The summed E-state index contributed by atoms with van der Waals surface area (Å²) in [5.74, 6) is 0. The number of methoxy groups -OCH3 is 1. The number of aromatic nitrogens is 2. The van der Waals surface area contributed by atoms with Crippen LogP contribution in [0.25, 0.3) is 10.6 Å². The first-order valence-electron chi connectivity index (χ1n) is 4.41. The zero-order chi connectivity index (χ0) is 11.4. The Balaban J connectivity index is 2.28. The molecule has 2 aromatic rings. The Hall–Kier alpha value is -1.02. The average molecular weight is 345 g/mol. The number of aliphatic imine (C=N–C) groups is 1. The lowest BCUT2D eigenvalue weighted by molar-refractivity contribution is 0.423. The SMILES string of the molecule is COC=Nc1csc(-c2cc(I)ncn2)c1. The third-order valence-electron chi connectivity index (χ3n) is 1.78. The molecule has 0 radical (unpaired) electrons. The number of rotatable bonds is 3. The van der Waals surface area contributed by atoms with Crippen LogP contribution in [-0.4, -0.2) is 23.5 Å². The highest BCUT2D eigenvalue weighted by atomic mass is 127. The molecule has 0 aliphatic carbocycles. The minimum absolute atomic E-state index is 0.871. The monoisotopic (exact) mass is 345 g/mol. The van der Waals surface area contributed by atoms with E-state index in [9.17, 15) is 0 Å². The lowest BCUT2D eigenvalue weighted by Gasteiger charge is -1.95. The van der Waals surface area contributed by atoms with Gasteiger partial charge in [0.25, 0.3) is 0 Å². The van der Waals surface area contributed by atoms with Crippen molar-refractivity contribution < 1.29 is 4.74 Å². The zero-order valence-corrected chi connectivity index (χ0v) is 11.4. The fraction of sp³-hybridized carbons (Fsp3) is 0.100. The van der Waals surface area contributed by atoms with Crippen LogP contribution in [0.5, 0.6) is 0 Å². The first kappa shape index (κ1) is 11.5. The summed E-state index contributed by atoms with van der Waals surface area (Å²) in [6, 6.07) is 3.91. The summed E-state index contributed by atoms with van der Waals surface area (Å²) in [4.78, 5) is 13.5. The van der Waals surface area contributed by atoms with Crippen molar-refractivity contribution in [1.29, 1.82) is 0 Å². The van der Waals surface area contributed by atoms with Crippen LogP contribution in [0, 0.1) is 3.70 Å². The zero-order valence-electron chi connectivity index (χ0n) is 8.42. The first-order chi connectivity index (χ1) is 7.79. The molecule has 0 N–H and O–H groups in total. The summed E-state index contributed by atoms with van der Waals surface area (Å²) in [5, 5.41) is 1.96. The molecule has 2 aromatic heterocycles. The lowest BCUT2D eigenvalue weighted by atomic mass is 10.3.